The number of rotatable bonds is 6. The van der Waals surface area contributed by atoms with Crippen LogP contribution in [-0.4, -0.2) is 24.5 Å². The summed E-state index contributed by atoms with van der Waals surface area (Å²) >= 11 is 15.1. The van der Waals surface area contributed by atoms with Crippen LogP contribution in [0.2, 0.25) is 10.0 Å². The zero-order valence-electron chi connectivity index (χ0n) is 15.5. The lowest BCUT2D eigenvalue weighted by atomic mass is 9.95. The van der Waals surface area contributed by atoms with Crippen molar-refractivity contribution in [3.05, 3.63) is 73.2 Å². The molecule has 160 valence electrons. The average Bonchev–Trinajstić information content (AvgIpc) is 2.63. The normalized spacial score (nSPS) is 12.8. The number of aryl methyl sites for hydroxylation is 1. The highest BCUT2D eigenvalue weighted by Gasteiger charge is 2.39. The van der Waals surface area contributed by atoms with Crippen molar-refractivity contribution >= 4 is 57.0 Å². The van der Waals surface area contributed by atoms with E-state index < -0.39 is 23.9 Å². The van der Waals surface area contributed by atoms with Crippen LogP contribution in [-0.2, 0) is 4.79 Å². The van der Waals surface area contributed by atoms with Gasteiger partial charge in [0, 0.05) is 4.47 Å². The van der Waals surface area contributed by atoms with E-state index >= 15 is 0 Å². The molecule has 0 aliphatic rings. The summed E-state index contributed by atoms with van der Waals surface area (Å²) in [5.74, 6) is -3.14. The number of nitrogens with one attached hydrogen (secondary N) is 1. The second-order valence-corrected chi connectivity index (χ2v) is 8.04. The zero-order valence-corrected chi connectivity index (χ0v) is 18.6. The van der Waals surface area contributed by atoms with Gasteiger partial charge in [0.05, 0.1) is 28.1 Å². The number of allylic oxidation sites excluding steroid dienone is 1. The third-order valence-corrected chi connectivity index (χ3v) is 5.64. The molecular weight excluding hydrogens is 508 g/mol. The molecular formula is C20H16BrCl2F3N2O2. The summed E-state index contributed by atoms with van der Waals surface area (Å²) in [6.45, 7) is 1.25. The molecule has 3 N–H and O–H groups in total. The van der Waals surface area contributed by atoms with Crippen LogP contribution >= 0.6 is 39.1 Å². The topological polar surface area (TPSA) is 72.2 Å². The van der Waals surface area contributed by atoms with Gasteiger partial charge < -0.3 is 11.1 Å². The van der Waals surface area contributed by atoms with E-state index in [1.165, 1.54) is 36.4 Å². The number of benzene rings is 2. The maximum absolute atomic E-state index is 13.6. The van der Waals surface area contributed by atoms with Gasteiger partial charge in [0.25, 0.3) is 5.91 Å². The van der Waals surface area contributed by atoms with Gasteiger partial charge in [-0.15, -0.1) is 0 Å². The van der Waals surface area contributed by atoms with Crippen LogP contribution in [0.4, 0.5) is 13.2 Å². The lowest BCUT2D eigenvalue weighted by Gasteiger charge is -2.19. The van der Waals surface area contributed by atoms with E-state index in [0.29, 0.717) is 15.6 Å². The molecule has 2 aromatic carbocycles. The van der Waals surface area contributed by atoms with Crippen LogP contribution in [0.1, 0.15) is 33.0 Å². The predicted molar refractivity (Wildman–Crippen MR) is 115 cm³/mol. The van der Waals surface area contributed by atoms with Gasteiger partial charge in [-0.25, -0.2) is 0 Å². The van der Waals surface area contributed by atoms with Crippen molar-refractivity contribution in [2.75, 3.05) is 6.54 Å². The minimum absolute atomic E-state index is 0.0350. The van der Waals surface area contributed by atoms with Gasteiger partial charge in [-0.3, -0.25) is 9.59 Å². The van der Waals surface area contributed by atoms with Crippen LogP contribution in [0.5, 0.6) is 0 Å². The highest BCUT2D eigenvalue weighted by molar-refractivity contribution is 9.10. The molecule has 0 heterocycles. The molecule has 2 rings (SSSR count). The Morgan fingerprint density at radius 2 is 1.90 bits per heavy atom. The number of halogens is 6. The zero-order chi connectivity index (χ0) is 22.6. The minimum Gasteiger partial charge on any atom is -0.368 e. The summed E-state index contributed by atoms with van der Waals surface area (Å²) in [4.78, 5) is 22.8. The summed E-state index contributed by atoms with van der Waals surface area (Å²) in [5.41, 5.74) is 6.02. The maximum Gasteiger partial charge on any atom is 0.399 e. The van der Waals surface area contributed by atoms with E-state index in [0.717, 1.165) is 6.08 Å². The van der Waals surface area contributed by atoms with Crippen molar-refractivity contribution in [1.82, 2.24) is 5.32 Å². The number of alkyl halides is 3. The molecule has 0 spiro atoms. The van der Waals surface area contributed by atoms with Crippen molar-refractivity contribution in [1.29, 1.82) is 0 Å². The first-order valence-electron chi connectivity index (χ1n) is 8.46. The summed E-state index contributed by atoms with van der Waals surface area (Å²) < 4.78 is 41.3. The number of hydrogen-bond donors (Lipinski definition) is 2. The molecule has 0 fully saturated rings. The van der Waals surface area contributed by atoms with Gasteiger partial charge in [0.2, 0.25) is 5.91 Å². The van der Waals surface area contributed by atoms with E-state index in [1.807, 2.05) is 0 Å². The fourth-order valence-electron chi connectivity index (χ4n) is 2.63. The quantitative estimate of drug-likeness (QED) is 0.514. The monoisotopic (exact) mass is 522 g/mol. The van der Waals surface area contributed by atoms with Crippen molar-refractivity contribution in [2.45, 2.75) is 19.0 Å². The second-order valence-electron chi connectivity index (χ2n) is 6.40. The standard InChI is InChI=1S/C20H16BrCl2F3N2O2/c1-10-6-12(8-16(22)18(10)23)14(20(24,25)26)5-3-11-2-4-13(15(21)7-11)19(30)28-9-17(27)29/h2-8,14H,9H2,1H3,(H2,27,29)(H,28,30)/b5-3+. The maximum atomic E-state index is 13.6. The first kappa shape index (κ1) is 24.2. The molecule has 2 amide bonds. The highest BCUT2D eigenvalue weighted by Crippen LogP contribution is 2.39. The summed E-state index contributed by atoms with van der Waals surface area (Å²) in [5, 5.41) is 2.58. The summed E-state index contributed by atoms with van der Waals surface area (Å²) in [6.07, 6.45) is -2.24. The van der Waals surface area contributed by atoms with Crippen molar-refractivity contribution in [3.8, 4) is 0 Å². The average molecular weight is 524 g/mol. The number of hydrogen-bond acceptors (Lipinski definition) is 2. The van der Waals surface area contributed by atoms with Gasteiger partial charge >= 0.3 is 6.18 Å². The van der Waals surface area contributed by atoms with E-state index in [-0.39, 0.29) is 27.7 Å². The number of carbonyl (C=O) groups is 2. The van der Waals surface area contributed by atoms with Gasteiger partial charge in [0.15, 0.2) is 0 Å². The number of carbonyl (C=O) groups excluding carboxylic acids is 2. The number of amides is 2. The second kappa shape index (κ2) is 9.85. The van der Waals surface area contributed by atoms with Crippen LogP contribution < -0.4 is 11.1 Å². The molecule has 4 nitrogen and oxygen atoms in total. The van der Waals surface area contributed by atoms with Gasteiger partial charge in [-0.05, 0) is 57.7 Å². The summed E-state index contributed by atoms with van der Waals surface area (Å²) in [6, 6.07) is 6.93. The molecule has 30 heavy (non-hydrogen) atoms. The lowest BCUT2D eigenvalue weighted by molar-refractivity contribution is -0.139. The van der Waals surface area contributed by atoms with Crippen molar-refractivity contribution in [2.24, 2.45) is 5.73 Å². The fourth-order valence-corrected chi connectivity index (χ4v) is 3.59. The van der Waals surface area contributed by atoms with Crippen LogP contribution in [0, 0.1) is 6.92 Å². The fraction of sp³-hybridized carbons (Fsp3) is 0.200. The summed E-state index contributed by atoms with van der Waals surface area (Å²) in [7, 11) is 0. The predicted octanol–water partition coefficient (Wildman–Crippen LogP) is 5.64. The molecule has 10 heteroatoms. The third kappa shape index (κ3) is 6.23. The van der Waals surface area contributed by atoms with Crippen molar-refractivity contribution in [3.63, 3.8) is 0 Å². The Morgan fingerprint density at radius 1 is 1.23 bits per heavy atom. The van der Waals surface area contributed by atoms with Gasteiger partial charge in [-0.2, -0.15) is 13.2 Å². The largest absolute Gasteiger partial charge is 0.399 e. The highest BCUT2D eigenvalue weighted by atomic mass is 79.9. The Kier molecular flexibility index (Phi) is 7.96. The lowest BCUT2D eigenvalue weighted by Crippen LogP contribution is -2.33. The Balaban J connectivity index is 2.31. The van der Waals surface area contributed by atoms with E-state index in [4.69, 9.17) is 28.9 Å². The molecule has 1 unspecified atom stereocenters. The Hall–Kier alpha value is -2.03. The molecule has 0 aromatic heterocycles. The molecule has 0 saturated carbocycles. The SMILES string of the molecule is Cc1cc(C(/C=C/c2ccc(C(=O)NCC(N)=O)c(Br)c2)C(F)(F)F)cc(Cl)c1Cl. The van der Waals surface area contributed by atoms with Gasteiger partial charge in [-0.1, -0.05) is 47.5 Å². The van der Waals surface area contributed by atoms with E-state index in [1.54, 1.807) is 6.92 Å². The van der Waals surface area contributed by atoms with Gasteiger partial charge in [0.1, 0.15) is 0 Å². The molecule has 1 atom stereocenters. The Labute approximate surface area is 189 Å². The first-order chi connectivity index (χ1) is 13.9. The molecule has 0 aliphatic carbocycles. The molecule has 2 aromatic rings. The number of primary amides is 1. The van der Waals surface area contributed by atoms with Crippen LogP contribution in [0.15, 0.2) is 40.9 Å². The number of nitrogens with two attached hydrogens (primary N) is 1. The molecule has 0 saturated heterocycles. The van der Waals surface area contributed by atoms with E-state index in [2.05, 4.69) is 21.2 Å². The first-order valence-corrected chi connectivity index (χ1v) is 10.0. The van der Waals surface area contributed by atoms with Crippen molar-refractivity contribution < 1.29 is 22.8 Å². The van der Waals surface area contributed by atoms with Crippen LogP contribution in [0.3, 0.4) is 0 Å². The van der Waals surface area contributed by atoms with E-state index in [9.17, 15) is 22.8 Å². The Bertz CT molecular complexity index is 987. The smallest absolute Gasteiger partial charge is 0.368 e. The minimum atomic E-state index is -4.55. The molecule has 0 radical (unpaired) electrons. The Morgan fingerprint density at radius 3 is 2.43 bits per heavy atom. The third-order valence-electron chi connectivity index (χ3n) is 4.09. The van der Waals surface area contributed by atoms with Crippen LogP contribution in [0.25, 0.3) is 6.08 Å². The molecule has 0 aliphatic heterocycles. The molecule has 0 bridgehead atoms.